The topological polar surface area (TPSA) is 20.2 Å². The van der Waals surface area contributed by atoms with Gasteiger partial charge in [0.1, 0.15) is 0 Å². The van der Waals surface area contributed by atoms with Crippen molar-refractivity contribution in [2.45, 2.75) is 25.4 Å². The summed E-state index contributed by atoms with van der Waals surface area (Å²) in [5.41, 5.74) is 1.06. The van der Waals surface area contributed by atoms with Crippen molar-refractivity contribution in [1.29, 1.82) is 0 Å². The van der Waals surface area contributed by atoms with Gasteiger partial charge >= 0.3 is 0 Å². The molecule has 1 aliphatic rings. The first kappa shape index (κ1) is 9.04. The molecule has 1 atom stereocenters. The molecule has 0 heterocycles. The highest BCUT2D eigenvalue weighted by Gasteiger charge is 2.29. The predicted molar refractivity (Wildman–Crippen MR) is 53.9 cm³/mol. The molecule has 70 valence electrons. The third kappa shape index (κ3) is 2.23. The van der Waals surface area contributed by atoms with Crippen LogP contribution < -0.4 is 0 Å². The Labute approximate surface area is 83.3 Å². The molecule has 0 aliphatic heterocycles. The molecule has 0 radical (unpaired) electrons. The normalized spacial score (nSPS) is 18.6. The molecule has 1 nitrogen and oxygen atoms in total. The number of halogens is 1. The van der Waals surface area contributed by atoms with Gasteiger partial charge in [-0.3, -0.25) is 0 Å². The molecule has 2 rings (SSSR count). The van der Waals surface area contributed by atoms with E-state index in [9.17, 15) is 5.11 Å². The molecular weight excluding hydrogens is 184 g/mol. The molecule has 1 N–H and O–H groups in total. The fourth-order valence-corrected chi connectivity index (χ4v) is 1.75. The van der Waals surface area contributed by atoms with Gasteiger partial charge in [-0.15, -0.1) is 0 Å². The molecule has 2 heteroatoms. The van der Waals surface area contributed by atoms with Crippen molar-refractivity contribution in [2.75, 3.05) is 0 Å². The van der Waals surface area contributed by atoms with E-state index in [1.54, 1.807) is 0 Å². The minimum absolute atomic E-state index is 0.195. The van der Waals surface area contributed by atoms with Crippen LogP contribution in [0.2, 0.25) is 5.02 Å². The average Bonchev–Trinajstić information content (AvgIpc) is 2.91. The van der Waals surface area contributed by atoms with E-state index in [0.29, 0.717) is 12.3 Å². The Morgan fingerprint density at radius 3 is 2.69 bits per heavy atom. The van der Waals surface area contributed by atoms with Gasteiger partial charge in [0.15, 0.2) is 0 Å². The lowest BCUT2D eigenvalue weighted by molar-refractivity contribution is 0.151. The van der Waals surface area contributed by atoms with E-state index in [1.165, 1.54) is 12.8 Å². The second-order valence-corrected chi connectivity index (χ2v) is 4.11. The molecule has 0 bridgehead atoms. The first-order chi connectivity index (χ1) is 6.27. The monoisotopic (exact) mass is 196 g/mol. The summed E-state index contributed by atoms with van der Waals surface area (Å²) in [6.07, 6.45) is 2.85. The Morgan fingerprint density at radius 2 is 2.08 bits per heavy atom. The fourth-order valence-electron chi connectivity index (χ4n) is 1.54. The summed E-state index contributed by atoms with van der Waals surface area (Å²) in [5, 5.41) is 10.5. The minimum atomic E-state index is -0.195. The molecule has 0 spiro atoms. The molecule has 0 aromatic heterocycles. The van der Waals surface area contributed by atoms with Gasteiger partial charge in [0, 0.05) is 11.4 Å². The van der Waals surface area contributed by atoms with E-state index in [1.807, 2.05) is 24.3 Å². The van der Waals surface area contributed by atoms with E-state index >= 15 is 0 Å². The second kappa shape index (κ2) is 3.69. The summed E-state index contributed by atoms with van der Waals surface area (Å²) < 4.78 is 0. The fraction of sp³-hybridized carbons (Fsp3) is 0.455. The van der Waals surface area contributed by atoms with Gasteiger partial charge in [-0.05, 0) is 30.4 Å². The van der Waals surface area contributed by atoms with E-state index in [4.69, 9.17) is 11.6 Å². The van der Waals surface area contributed by atoms with Crippen LogP contribution in [0.1, 0.15) is 18.4 Å². The summed E-state index contributed by atoms with van der Waals surface area (Å²) in [4.78, 5) is 0. The number of aliphatic hydroxyl groups is 1. The Hall–Kier alpha value is -0.530. The lowest BCUT2D eigenvalue weighted by Crippen LogP contribution is -2.12. The van der Waals surface area contributed by atoms with Gasteiger partial charge < -0.3 is 5.11 Å². The predicted octanol–water partition coefficient (Wildman–Crippen LogP) is 2.65. The van der Waals surface area contributed by atoms with Crippen LogP contribution in [0, 0.1) is 5.92 Å². The van der Waals surface area contributed by atoms with Gasteiger partial charge in [0.05, 0.1) is 6.10 Å². The van der Waals surface area contributed by atoms with Crippen molar-refractivity contribution >= 4 is 11.6 Å². The van der Waals surface area contributed by atoms with Crippen LogP contribution >= 0.6 is 11.6 Å². The maximum Gasteiger partial charge on any atom is 0.0609 e. The van der Waals surface area contributed by atoms with Crippen molar-refractivity contribution in [3.05, 3.63) is 34.9 Å². The summed E-state index contributed by atoms with van der Waals surface area (Å²) in [6.45, 7) is 0. The second-order valence-electron chi connectivity index (χ2n) is 3.70. The largest absolute Gasteiger partial charge is 0.392 e. The molecule has 13 heavy (non-hydrogen) atoms. The smallest absolute Gasteiger partial charge is 0.0609 e. The zero-order chi connectivity index (χ0) is 9.26. The molecule has 1 saturated carbocycles. The highest BCUT2D eigenvalue weighted by atomic mass is 35.5. The molecule has 1 aromatic carbocycles. The van der Waals surface area contributed by atoms with Crippen molar-refractivity contribution in [1.82, 2.24) is 0 Å². The van der Waals surface area contributed by atoms with Gasteiger partial charge in [-0.25, -0.2) is 0 Å². The lowest BCUT2D eigenvalue weighted by Gasteiger charge is -2.09. The van der Waals surface area contributed by atoms with Crippen LogP contribution in [-0.4, -0.2) is 11.2 Å². The van der Waals surface area contributed by atoms with Crippen LogP contribution in [0.4, 0.5) is 0 Å². The maximum atomic E-state index is 9.71. The van der Waals surface area contributed by atoms with Crippen molar-refractivity contribution in [2.24, 2.45) is 5.92 Å². The zero-order valence-electron chi connectivity index (χ0n) is 7.41. The maximum absolute atomic E-state index is 9.71. The number of rotatable bonds is 3. The Kier molecular flexibility index (Phi) is 2.56. The molecular formula is C11H13ClO. The van der Waals surface area contributed by atoms with Gasteiger partial charge in [0.25, 0.3) is 0 Å². The standard InChI is InChI=1S/C11H13ClO/c12-10-4-2-1-3-9(10)7-11(13)8-5-6-8/h1-4,8,11,13H,5-7H2. The summed E-state index contributed by atoms with van der Waals surface area (Å²) in [7, 11) is 0. The number of benzene rings is 1. The van der Waals surface area contributed by atoms with E-state index in [0.717, 1.165) is 10.6 Å². The van der Waals surface area contributed by atoms with E-state index in [2.05, 4.69) is 0 Å². The summed E-state index contributed by atoms with van der Waals surface area (Å²) >= 11 is 5.98. The van der Waals surface area contributed by atoms with Crippen molar-refractivity contribution in [3.63, 3.8) is 0 Å². The number of hydrogen-bond acceptors (Lipinski definition) is 1. The Morgan fingerprint density at radius 1 is 1.38 bits per heavy atom. The quantitative estimate of drug-likeness (QED) is 0.788. The SMILES string of the molecule is OC(Cc1ccccc1Cl)C1CC1. The molecule has 0 saturated heterocycles. The number of hydrogen-bond donors (Lipinski definition) is 1. The minimum Gasteiger partial charge on any atom is -0.392 e. The van der Waals surface area contributed by atoms with Crippen molar-refractivity contribution < 1.29 is 5.11 Å². The zero-order valence-corrected chi connectivity index (χ0v) is 8.17. The molecule has 1 fully saturated rings. The third-order valence-corrected chi connectivity index (χ3v) is 2.92. The van der Waals surface area contributed by atoms with Crippen LogP contribution in [0.5, 0.6) is 0 Å². The van der Waals surface area contributed by atoms with Crippen LogP contribution in [0.3, 0.4) is 0 Å². The first-order valence-electron chi connectivity index (χ1n) is 4.69. The highest BCUT2D eigenvalue weighted by Crippen LogP contribution is 2.34. The Bertz CT molecular complexity index is 294. The van der Waals surface area contributed by atoms with E-state index in [-0.39, 0.29) is 6.10 Å². The molecule has 1 aromatic rings. The van der Waals surface area contributed by atoms with Gasteiger partial charge in [-0.1, -0.05) is 29.8 Å². The molecule has 1 unspecified atom stereocenters. The lowest BCUT2D eigenvalue weighted by atomic mass is 10.1. The van der Waals surface area contributed by atoms with Crippen LogP contribution in [-0.2, 0) is 6.42 Å². The third-order valence-electron chi connectivity index (χ3n) is 2.55. The first-order valence-corrected chi connectivity index (χ1v) is 5.06. The number of aliphatic hydroxyl groups excluding tert-OH is 1. The summed E-state index contributed by atoms with van der Waals surface area (Å²) in [5.74, 6) is 0.524. The molecule has 0 amide bonds. The van der Waals surface area contributed by atoms with Gasteiger partial charge in [0.2, 0.25) is 0 Å². The van der Waals surface area contributed by atoms with Crippen LogP contribution in [0.25, 0.3) is 0 Å². The van der Waals surface area contributed by atoms with Crippen molar-refractivity contribution in [3.8, 4) is 0 Å². The van der Waals surface area contributed by atoms with E-state index < -0.39 is 0 Å². The highest BCUT2D eigenvalue weighted by molar-refractivity contribution is 6.31. The van der Waals surface area contributed by atoms with Crippen LogP contribution in [0.15, 0.2) is 24.3 Å². The summed E-state index contributed by atoms with van der Waals surface area (Å²) in [6, 6.07) is 7.72. The van der Waals surface area contributed by atoms with Gasteiger partial charge in [-0.2, -0.15) is 0 Å². The molecule has 1 aliphatic carbocycles. The average molecular weight is 197 g/mol. The Balaban J connectivity index is 2.03.